The number of benzene rings is 1. The smallest absolute Gasteiger partial charge is 0.321 e. The van der Waals surface area contributed by atoms with Crippen LogP contribution in [0.5, 0.6) is 5.75 Å². The third-order valence-electron chi connectivity index (χ3n) is 2.09. The Morgan fingerprint density at radius 1 is 1.53 bits per heavy atom. The van der Waals surface area contributed by atoms with Gasteiger partial charge in [-0.2, -0.15) is 0 Å². The molecule has 1 rings (SSSR count). The van der Waals surface area contributed by atoms with Crippen LogP contribution >= 0.6 is 15.9 Å². The number of rotatable bonds is 5. The molecule has 0 aliphatic rings. The van der Waals surface area contributed by atoms with Gasteiger partial charge >= 0.3 is 5.97 Å². The maximum atomic E-state index is 13.1. The number of ether oxygens (including phenoxy) is 2. The van der Waals surface area contributed by atoms with Crippen LogP contribution in [0.25, 0.3) is 0 Å². The molecule has 94 valence electrons. The molecule has 0 radical (unpaired) electrons. The topological polar surface area (TPSA) is 47.6 Å². The van der Waals surface area contributed by atoms with Crippen molar-refractivity contribution in [2.24, 2.45) is 0 Å². The molecule has 1 unspecified atom stereocenters. The van der Waals surface area contributed by atoms with Crippen molar-refractivity contribution in [3.05, 3.63) is 24.0 Å². The average Bonchev–Trinajstić information content (AvgIpc) is 2.36. The normalized spacial score (nSPS) is 11.8. The van der Waals surface area contributed by atoms with Crippen molar-refractivity contribution >= 4 is 27.6 Å². The SMILES string of the molecule is COC(=O)C(Br)CNc1ccc(F)c(OC)c1. The van der Waals surface area contributed by atoms with Gasteiger partial charge in [-0.15, -0.1) is 0 Å². The average molecular weight is 306 g/mol. The lowest BCUT2D eigenvalue weighted by Crippen LogP contribution is -2.24. The first-order valence-electron chi connectivity index (χ1n) is 4.87. The van der Waals surface area contributed by atoms with Crippen molar-refractivity contribution in [2.75, 3.05) is 26.1 Å². The Morgan fingerprint density at radius 3 is 2.82 bits per heavy atom. The van der Waals surface area contributed by atoms with Gasteiger partial charge in [-0.25, -0.2) is 4.39 Å². The minimum atomic E-state index is -0.455. The molecule has 0 bridgehead atoms. The summed E-state index contributed by atoms with van der Waals surface area (Å²) in [6.07, 6.45) is 0. The first-order valence-corrected chi connectivity index (χ1v) is 5.79. The minimum Gasteiger partial charge on any atom is -0.494 e. The van der Waals surface area contributed by atoms with Crippen LogP contribution in [0.15, 0.2) is 18.2 Å². The van der Waals surface area contributed by atoms with Crippen LogP contribution in [0.3, 0.4) is 0 Å². The zero-order chi connectivity index (χ0) is 12.8. The number of alkyl halides is 1. The van der Waals surface area contributed by atoms with Gasteiger partial charge in [0, 0.05) is 18.3 Å². The number of anilines is 1. The maximum absolute atomic E-state index is 13.1. The quantitative estimate of drug-likeness (QED) is 0.669. The van der Waals surface area contributed by atoms with E-state index < -0.39 is 10.6 Å². The summed E-state index contributed by atoms with van der Waals surface area (Å²) < 4.78 is 22.5. The molecule has 0 amide bonds. The van der Waals surface area contributed by atoms with Crippen LogP contribution in [-0.2, 0) is 9.53 Å². The molecule has 0 aliphatic carbocycles. The van der Waals surface area contributed by atoms with Crippen LogP contribution in [0.2, 0.25) is 0 Å². The Morgan fingerprint density at radius 2 is 2.24 bits per heavy atom. The van der Waals surface area contributed by atoms with Crippen LogP contribution in [0.4, 0.5) is 10.1 Å². The van der Waals surface area contributed by atoms with Crippen molar-refractivity contribution in [1.29, 1.82) is 0 Å². The van der Waals surface area contributed by atoms with Gasteiger partial charge in [0.25, 0.3) is 0 Å². The van der Waals surface area contributed by atoms with Crippen LogP contribution < -0.4 is 10.1 Å². The molecule has 0 aliphatic heterocycles. The monoisotopic (exact) mass is 305 g/mol. The molecule has 1 aromatic rings. The van der Waals surface area contributed by atoms with E-state index in [-0.39, 0.29) is 11.7 Å². The second kappa shape index (κ2) is 6.44. The standard InChI is InChI=1S/C11H13BrFNO3/c1-16-10-5-7(3-4-9(10)13)14-6-8(12)11(15)17-2/h3-5,8,14H,6H2,1-2H3. The highest BCUT2D eigenvalue weighted by molar-refractivity contribution is 9.10. The molecule has 0 fully saturated rings. The van der Waals surface area contributed by atoms with Gasteiger partial charge in [-0.3, -0.25) is 4.79 Å². The van der Waals surface area contributed by atoms with E-state index in [1.807, 2.05) is 0 Å². The van der Waals surface area contributed by atoms with Crippen LogP contribution in [0, 0.1) is 5.82 Å². The van der Waals surface area contributed by atoms with E-state index >= 15 is 0 Å². The van der Waals surface area contributed by atoms with Crippen LogP contribution in [0.1, 0.15) is 0 Å². The third kappa shape index (κ3) is 3.89. The van der Waals surface area contributed by atoms with Gasteiger partial charge in [0.15, 0.2) is 11.6 Å². The van der Waals surface area contributed by atoms with Gasteiger partial charge in [-0.05, 0) is 12.1 Å². The lowest BCUT2D eigenvalue weighted by atomic mass is 10.3. The van der Waals surface area contributed by atoms with Crippen LogP contribution in [-0.4, -0.2) is 31.6 Å². The molecule has 0 aromatic heterocycles. The fraction of sp³-hybridized carbons (Fsp3) is 0.364. The number of hydrogen-bond donors (Lipinski definition) is 1. The van der Waals surface area contributed by atoms with E-state index in [2.05, 4.69) is 26.0 Å². The molecule has 0 saturated carbocycles. The van der Waals surface area contributed by atoms with Gasteiger partial charge in [0.05, 0.1) is 14.2 Å². The highest BCUT2D eigenvalue weighted by atomic mass is 79.9. The first kappa shape index (κ1) is 13.8. The Hall–Kier alpha value is -1.30. The minimum absolute atomic E-state index is 0.152. The number of halogens is 2. The zero-order valence-corrected chi connectivity index (χ0v) is 11.1. The molecule has 0 heterocycles. The van der Waals surface area contributed by atoms with E-state index in [0.29, 0.717) is 12.2 Å². The second-order valence-electron chi connectivity index (χ2n) is 3.22. The molecule has 0 spiro atoms. The Kier molecular flexibility index (Phi) is 5.21. The van der Waals surface area contributed by atoms with E-state index in [1.165, 1.54) is 26.4 Å². The third-order valence-corrected chi connectivity index (χ3v) is 2.79. The zero-order valence-electron chi connectivity index (χ0n) is 9.50. The lowest BCUT2D eigenvalue weighted by molar-refractivity contribution is -0.139. The lowest BCUT2D eigenvalue weighted by Gasteiger charge is -2.11. The maximum Gasteiger partial charge on any atom is 0.321 e. The Bertz CT molecular complexity index is 400. The highest BCUT2D eigenvalue weighted by Crippen LogP contribution is 2.21. The summed E-state index contributed by atoms with van der Waals surface area (Å²) in [6.45, 7) is 0.335. The molecular formula is C11H13BrFNO3. The van der Waals surface area contributed by atoms with Gasteiger partial charge < -0.3 is 14.8 Å². The van der Waals surface area contributed by atoms with E-state index in [1.54, 1.807) is 6.07 Å². The number of esters is 1. The number of nitrogens with one attached hydrogen (secondary N) is 1. The Labute approximate surface area is 107 Å². The largest absolute Gasteiger partial charge is 0.494 e. The van der Waals surface area contributed by atoms with Crippen molar-refractivity contribution in [3.8, 4) is 5.75 Å². The summed E-state index contributed by atoms with van der Waals surface area (Å²) in [5, 5.41) is 2.97. The summed E-state index contributed by atoms with van der Waals surface area (Å²) in [4.78, 5) is 10.7. The molecule has 1 aromatic carbocycles. The van der Waals surface area contributed by atoms with Gasteiger partial charge in [0.1, 0.15) is 4.83 Å². The summed E-state index contributed by atoms with van der Waals surface area (Å²) in [7, 11) is 2.71. The molecular weight excluding hydrogens is 293 g/mol. The number of hydrogen-bond acceptors (Lipinski definition) is 4. The predicted octanol–water partition coefficient (Wildman–Crippen LogP) is 2.18. The number of carbonyl (C=O) groups is 1. The van der Waals surface area contributed by atoms with Crippen molar-refractivity contribution in [1.82, 2.24) is 0 Å². The number of methoxy groups -OCH3 is 2. The summed E-state index contributed by atoms with van der Waals surface area (Å²) in [5.41, 5.74) is 0.664. The highest BCUT2D eigenvalue weighted by Gasteiger charge is 2.14. The number of carbonyl (C=O) groups excluding carboxylic acids is 1. The first-order chi connectivity index (χ1) is 8.08. The van der Waals surface area contributed by atoms with Crippen molar-refractivity contribution < 1.29 is 18.7 Å². The fourth-order valence-electron chi connectivity index (χ4n) is 1.19. The van der Waals surface area contributed by atoms with E-state index in [9.17, 15) is 9.18 Å². The summed E-state index contributed by atoms with van der Waals surface area (Å²) in [5.74, 6) is -0.646. The van der Waals surface area contributed by atoms with Crippen molar-refractivity contribution in [3.63, 3.8) is 0 Å². The second-order valence-corrected chi connectivity index (χ2v) is 4.33. The Balaban J connectivity index is 2.60. The van der Waals surface area contributed by atoms with Gasteiger partial charge in [0.2, 0.25) is 0 Å². The van der Waals surface area contributed by atoms with E-state index in [4.69, 9.17) is 4.74 Å². The predicted molar refractivity (Wildman–Crippen MR) is 66.2 cm³/mol. The summed E-state index contributed by atoms with van der Waals surface area (Å²) >= 11 is 3.17. The molecule has 4 nitrogen and oxygen atoms in total. The molecule has 1 N–H and O–H groups in total. The van der Waals surface area contributed by atoms with E-state index in [0.717, 1.165) is 0 Å². The van der Waals surface area contributed by atoms with Crippen molar-refractivity contribution in [2.45, 2.75) is 4.83 Å². The molecule has 17 heavy (non-hydrogen) atoms. The molecule has 0 saturated heterocycles. The van der Waals surface area contributed by atoms with Gasteiger partial charge in [-0.1, -0.05) is 15.9 Å². The molecule has 6 heteroatoms. The summed E-state index contributed by atoms with van der Waals surface area (Å²) in [6, 6.07) is 4.38. The molecule has 1 atom stereocenters. The fourth-order valence-corrected chi connectivity index (χ4v) is 1.54.